The van der Waals surface area contributed by atoms with Crippen LogP contribution >= 0.6 is 0 Å². The van der Waals surface area contributed by atoms with Gasteiger partial charge in [-0.1, -0.05) is 6.42 Å². The molecule has 0 spiro atoms. The summed E-state index contributed by atoms with van der Waals surface area (Å²) in [4.78, 5) is 17.1. The van der Waals surface area contributed by atoms with Gasteiger partial charge in [-0.3, -0.25) is 4.79 Å². The minimum Gasteiger partial charge on any atom is -0.377 e. The van der Waals surface area contributed by atoms with Gasteiger partial charge in [0.15, 0.2) is 0 Å². The predicted octanol–water partition coefficient (Wildman–Crippen LogP) is 1.89. The largest absolute Gasteiger partial charge is 0.377 e. The fraction of sp³-hybridized carbons (Fsp3) is 0.941. The molecule has 3 saturated heterocycles. The standard InChI is InChI=1S/C17H28N2O2/c20-17(18-7-1-2-8-18)10-16-15-6-9-19(14-4-3-5-14)11-13(15)12-21-16/h13-16H,1-12H2/t13-,15-,16-/m1/s1. The number of piperidine rings is 1. The van der Waals surface area contributed by atoms with Crippen molar-refractivity contribution in [2.45, 2.75) is 57.1 Å². The molecule has 118 valence electrons. The van der Waals surface area contributed by atoms with Gasteiger partial charge in [-0.05, 0) is 44.6 Å². The summed E-state index contributed by atoms with van der Waals surface area (Å²) in [5.41, 5.74) is 0. The van der Waals surface area contributed by atoms with E-state index in [1.807, 2.05) is 4.90 Å². The predicted molar refractivity (Wildman–Crippen MR) is 81.0 cm³/mol. The van der Waals surface area contributed by atoms with Gasteiger partial charge in [-0.15, -0.1) is 0 Å². The van der Waals surface area contributed by atoms with Crippen molar-refractivity contribution in [3.05, 3.63) is 0 Å². The van der Waals surface area contributed by atoms with E-state index in [0.29, 0.717) is 24.2 Å². The Morgan fingerprint density at radius 2 is 1.86 bits per heavy atom. The van der Waals surface area contributed by atoms with Crippen LogP contribution in [0.2, 0.25) is 0 Å². The molecule has 1 saturated carbocycles. The first-order chi connectivity index (χ1) is 10.3. The topological polar surface area (TPSA) is 32.8 Å². The van der Waals surface area contributed by atoms with Crippen molar-refractivity contribution in [1.29, 1.82) is 0 Å². The summed E-state index contributed by atoms with van der Waals surface area (Å²) in [6.07, 6.45) is 8.64. The van der Waals surface area contributed by atoms with E-state index in [1.165, 1.54) is 51.6 Å². The lowest BCUT2D eigenvalue weighted by atomic mass is 9.80. The van der Waals surface area contributed by atoms with Gasteiger partial charge < -0.3 is 14.5 Å². The minimum absolute atomic E-state index is 0.201. The maximum atomic E-state index is 12.3. The number of carbonyl (C=O) groups is 1. The monoisotopic (exact) mass is 292 g/mol. The number of nitrogens with zero attached hydrogens (tertiary/aromatic N) is 2. The third kappa shape index (κ3) is 2.72. The Morgan fingerprint density at radius 1 is 1.05 bits per heavy atom. The Hall–Kier alpha value is -0.610. The van der Waals surface area contributed by atoms with Crippen LogP contribution in [0, 0.1) is 11.8 Å². The molecule has 4 heteroatoms. The number of ether oxygens (including phenoxy) is 1. The number of amides is 1. The van der Waals surface area contributed by atoms with E-state index in [9.17, 15) is 4.79 Å². The summed E-state index contributed by atoms with van der Waals surface area (Å²) in [5, 5.41) is 0. The van der Waals surface area contributed by atoms with Crippen molar-refractivity contribution in [3.63, 3.8) is 0 Å². The molecule has 4 nitrogen and oxygen atoms in total. The smallest absolute Gasteiger partial charge is 0.225 e. The molecule has 0 aromatic rings. The Kier molecular flexibility index (Phi) is 3.92. The van der Waals surface area contributed by atoms with Crippen molar-refractivity contribution in [2.24, 2.45) is 11.8 Å². The van der Waals surface area contributed by atoms with Crippen LogP contribution in [0.5, 0.6) is 0 Å². The minimum atomic E-state index is 0.201. The highest BCUT2D eigenvalue weighted by Gasteiger charge is 2.43. The molecule has 0 unspecified atom stereocenters. The van der Waals surface area contributed by atoms with E-state index < -0.39 is 0 Å². The second-order valence-corrected chi connectivity index (χ2v) is 7.46. The molecule has 3 aliphatic heterocycles. The maximum absolute atomic E-state index is 12.3. The third-order valence-corrected chi connectivity index (χ3v) is 6.25. The summed E-state index contributed by atoms with van der Waals surface area (Å²) in [7, 11) is 0. The normalized spacial score (nSPS) is 37.5. The molecule has 4 aliphatic rings. The highest BCUT2D eigenvalue weighted by atomic mass is 16.5. The molecule has 0 aromatic carbocycles. The summed E-state index contributed by atoms with van der Waals surface area (Å²) >= 11 is 0. The molecule has 3 heterocycles. The zero-order valence-corrected chi connectivity index (χ0v) is 13.0. The van der Waals surface area contributed by atoms with Crippen LogP contribution in [-0.2, 0) is 9.53 Å². The van der Waals surface area contributed by atoms with E-state index in [2.05, 4.69) is 4.90 Å². The first kappa shape index (κ1) is 14.0. The van der Waals surface area contributed by atoms with E-state index in [4.69, 9.17) is 4.74 Å². The second kappa shape index (κ2) is 5.88. The molecular formula is C17H28N2O2. The van der Waals surface area contributed by atoms with Crippen LogP contribution < -0.4 is 0 Å². The highest BCUT2D eigenvalue weighted by molar-refractivity contribution is 5.77. The summed E-state index contributed by atoms with van der Waals surface area (Å²) in [6.45, 7) is 5.25. The Morgan fingerprint density at radius 3 is 2.57 bits per heavy atom. The second-order valence-electron chi connectivity index (χ2n) is 7.46. The SMILES string of the molecule is O=C(C[C@H]1OC[C@H]2CN(C3CCC3)CC[C@H]21)N1CCCC1. The maximum Gasteiger partial charge on any atom is 0.225 e. The van der Waals surface area contributed by atoms with E-state index >= 15 is 0 Å². The van der Waals surface area contributed by atoms with Crippen molar-refractivity contribution in [2.75, 3.05) is 32.8 Å². The molecule has 1 amide bonds. The van der Waals surface area contributed by atoms with Crippen molar-refractivity contribution in [1.82, 2.24) is 9.80 Å². The van der Waals surface area contributed by atoms with Gasteiger partial charge in [0.1, 0.15) is 0 Å². The van der Waals surface area contributed by atoms with Gasteiger partial charge in [-0.25, -0.2) is 0 Å². The van der Waals surface area contributed by atoms with Crippen molar-refractivity contribution >= 4 is 5.91 Å². The van der Waals surface area contributed by atoms with Gasteiger partial charge in [-0.2, -0.15) is 0 Å². The number of fused-ring (bicyclic) bond motifs is 1. The van der Waals surface area contributed by atoms with Crippen LogP contribution in [-0.4, -0.2) is 60.6 Å². The van der Waals surface area contributed by atoms with Gasteiger partial charge in [0.25, 0.3) is 0 Å². The third-order valence-electron chi connectivity index (χ3n) is 6.25. The van der Waals surface area contributed by atoms with Crippen LogP contribution in [0.15, 0.2) is 0 Å². The number of hydrogen-bond donors (Lipinski definition) is 0. The average molecular weight is 292 g/mol. The molecule has 0 N–H and O–H groups in total. The molecule has 0 radical (unpaired) electrons. The zero-order chi connectivity index (χ0) is 14.2. The summed E-state index contributed by atoms with van der Waals surface area (Å²) in [6, 6.07) is 0.858. The quantitative estimate of drug-likeness (QED) is 0.796. The Labute approximate surface area is 127 Å². The molecule has 21 heavy (non-hydrogen) atoms. The number of hydrogen-bond acceptors (Lipinski definition) is 3. The van der Waals surface area contributed by atoms with E-state index in [0.717, 1.165) is 25.7 Å². The Bertz CT molecular complexity index is 390. The van der Waals surface area contributed by atoms with Crippen LogP contribution in [0.25, 0.3) is 0 Å². The van der Waals surface area contributed by atoms with Gasteiger partial charge >= 0.3 is 0 Å². The van der Waals surface area contributed by atoms with Crippen molar-refractivity contribution < 1.29 is 9.53 Å². The Balaban J connectivity index is 1.31. The molecule has 4 fully saturated rings. The van der Waals surface area contributed by atoms with Crippen LogP contribution in [0.3, 0.4) is 0 Å². The summed E-state index contributed by atoms with van der Waals surface area (Å²) < 4.78 is 6.04. The van der Waals surface area contributed by atoms with E-state index in [1.54, 1.807) is 0 Å². The van der Waals surface area contributed by atoms with Crippen LogP contribution in [0.1, 0.15) is 44.9 Å². The molecule has 1 aliphatic carbocycles. The van der Waals surface area contributed by atoms with Gasteiger partial charge in [0.05, 0.1) is 19.1 Å². The lowest BCUT2D eigenvalue weighted by molar-refractivity contribution is -0.133. The average Bonchev–Trinajstić information content (AvgIpc) is 3.06. The summed E-state index contributed by atoms with van der Waals surface area (Å²) in [5.74, 6) is 1.64. The molecular weight excluding hydrogens is 264 g/mol. The highest BCUT2D eigenvalue weighted by Crippen LogP contribution is 2.38. The number of likely N-dealkylation sites (tertiary alicyclic amines) is 2. The number of rotatable bonds is 3. The lowest BCUT2D eigenvalue weighted by Crippen LogP contribution is -2.49. The van der Waals surface area contributed by atoms with Gasteiger partial charge in [0, 0.05) is 31.6 Å². The fourth-order valence-electron chi connectivity index (χ4n) is 4.68. The first-order valence-corrected chi connectivity index (χ1v) is 8.94. The fourth-order valence-corrected chi connectivity index (χ4v) is 4.68. The molecule has 3 atom stereocenters. The number of carbonyl (C=O) groups excluding carboxylic acids is 1. The van der Waals surface area contributed by atoms with Gasteiger partial charge in [0.2, 0.25) is 5.91 Å². The lowest BCUT2D eigenvalue weighted by Gasteiger charge is -2.43. The molecule has 4 rings (SSSR count). The van der Waals surface area contributed by atoms with Crippen LogP contribution in [0.4, 0.5) is 0 Å². The van der Waals surface area contributed by atoms with E-state index in [-0.39, 0.29) is 6.10 Å². The molecule has 0 bridgehead atoms. The molecule has 0 aromatic heterocycles. The zero-order valence-electron chi connectivity index (χ0n) is 13.0. The first-order valence-electron chi connectivity index (χ1n) is 8.94. The van der Waals surface area contributed by atoms with Crippen molar-refractivity contribution in [3.8, 4) is 0 Å².